The second-order valence-electron chi connectivity index (χ2n) is 6.17. The third-order valence-corrected chi connectivity index (χ3v) is 6.38. The van der Waals surface area contributed by atoms with Gasteiger partial charge in [0.15, 0.2) is 5.82 Å². The van der Waals surface area contributed by atoms with Crippen LogP contribution in [-0.2, 0) is 10.0 Å². The average Bonchev–Trinajstić information content (AvgIpc) is 3.48. The third-order valence-electron chi connectivity index (χ3n) is 4.50. The molecule has 24 heavy (non-hydrogen) atoms. The van der Waals surface area contributed by atoms with Gasteiger partial charge in [-0.1, -0.05) is 0 Å². The molecule has 1 saturated carbocycles. The van der Waals surface area contributed by atoms with Gasteiger partial charge in [0.1, 0.15) is 4.90 Å². The summed E-state index contributed by atoms with van der Waals surface area (Å²) in [7, 11) is -3.47. The zero-order valence-electron chi connectivity index (χ0n) is 13.2. The Morgan fingerprint density at radius 3 is 2.38 bits per heavy atom. The lowest BCUT2D eigenvalue weighted by Crippen LogP contribution is -2.49. The maximum Gasteiger partial charge on any atom is 0.244 e. The minimum Gasteiger partial charge on any atom is -0.352 e. The van der Waals surface area contributed by atoms with Crippen molar-refractivity contribution in [1.29, 1.82) is 0 Å². The van der Waals surface area contributed by atoms with Crippen LogP contribution < -0.4 is 4.90 Å². The van der Waals surface area contributed by atoms with E-state index in [0.29, 0.717) is 32.1 Å². The van der Waals surface area contributed by atoms with Crippen molar-refractivity contribution in [3.8, 4) is 0 Å². The Morgan fingerprint density at radius 2 is 1.79 bits per heavy atom. The summed E-state index contributed by atoms with van der Waals surface area (Å²) < 4.78 is 26.7. The Balaban J connectivity index is 1.43. The predicted molar refractivity (Wildman–Crippen MR) is 89.2 cm³/mol. The van der Waals surface area contributed by atoms with Crippen LogP contribution in [0.15, 0.2) is 41.6 Å². The normalized spacial score (nSPS) is 19.4. The lowest BCUT2D eigenvalue weighted by atomic mass is 10.2. The summed E-state index contributed by atoms with van der Waals surface area (Å²) in [6, 6.07) is 7.25. The topological polar surface area (TPSA) is 79.3 Å². The lowest BCUT2D eigenvalue weighted by Gasteiger charge is -2.34. The maximum atomic E-state index is 12.6. The first-order valence-corrected chi connectivity index (χ1v) is 9.57. The van der Waals surface area contributed by atoms with Gasteiger partial charge in [0, 0.05) is 44.5 Å². The lowest BCUT2D eigenvalue weighted by molar-refractivity contribution is 0.383. The van der Waals surface area contributed by atoms with Crippen LogP contribution in [0, 0.1) is 0 Å². The Bertz CT molecular complexity index is 798. The molecule has 0 amide bonds. The third kappa shape index (κ3) is 2.99. The Morgan fingerprint density at radius 1 is 1.00 bits per heavy atom. The molecule has 8 heteroatoms. The number of nitrogens with zero attached hydrogens (tertiary/aromatic N) is 5. The fraction of sp³-hybridized carbons (Fsp3) is 0.438. The molecule has 0 aromatic carbocycles. The molecule has 0 N–H and O–H groups in total. The van der Waals surface area contributed by atoms with E-state index in [1.54, 1.807) is 18.3 Å². The van der Waals surface area contributed by atoms with E-state index >= 15 is 0 Å². The number of aromatic nitrogens is 3. The molecule has 2 aliphatic rings. The van der Waals surface area contributed by atoms with Crippen molar-refractivity contribution in [2.24, 2.45) is 0 Å². The summed E-state index contributed by atoms with van der Waals surface area (Å²) in [6.45, 7) is 2.08. The van der Waals surface area contributed by atoms with Gasteiger partial charge in [-0.25, -0.2) is 8.42 Å². The summed E-state index contributed by atoms with van der Waals surface area (Å²) in [4.78, 5) is 6.23. The first-order chi connectivity index (χ1) is 11.6. The molecule has 2 aromatic heterocycles. The van der Waals surface area contributed by atoms with Gasteiger partial charge >= 0.3 is 0 Å². The molecule has 1 aliphatic carbocycles. The van der Waals surface area contributed by atoms with Crippen molar-refractivity contribution in [2.45, 2.75) is 23.7 Å². The smallest absolute Gasteiger partial charge is 0.244 e. The molecule has 7 nitrogen and oxygen atoms in total. The van der Waals surface area contributed by atoms with Gasteiger partial charge < -0.3 is 4.90 Å². The second-order valence-corrected chi connectivity index (χ2v) is 8.11. The molecule has 0 radical (unpaired) electrons. The maximum absolute atomic E-state index is 12.6. The summed E-state index contributed by atoms with van der Waals surface area (Å²) >= 11 is 0. The first-order valence-electron chi connectivity index (χ1n) is 8.13. The van der Waals surface area contributed by atoms with Crippen LogP contribution in [0.5, 0.6) is 0 Å². The highest BCUT2D eigenvalue weighted by Gasteiger charge is 2.30. The van der Waals surface area contributed by atoms with Crippen molar-refractivity contribution in [1.82, 2.24) is 19.5 Å². The zero-order chi connectivity index (χ0) is 16.6. The van der Waals surface area contributed by atoms with Gasteiger partial charge in [-0.2, -0.15) is 9.40 Å². The number of sulfonamides is 1. The van der Waals surface area contributed by atoms with Crippen molar-refractivity contribution in [3.05, 3.63) is 42.4 Å². The number of rotatable bonds is 4. The summed E-state index contributed by atoms with van der Waals surface area (Å²) in [5.41, 5.74) is 1.07. The van der Waals surface area contributed by atoms with Gasteiger partial charge in [0.2, 0.25) is 10.0 Å². The van der Waals surface area contributed by atoms with E-state index in [4.69, 9.17) is 0 Å². The first kappa shape index (κ1) is 15.5. The van der Waals surface area contributed by atoms with Crippen molar-refractivity contribution in [3.63, 3.8) is 0 Å². The highest BCUT2D eigenvalue weighted by molar-refractivity contribution is 7.89. The Hall–Kier alpha value is -2.06. The summed E-state index contributed by atoms with van der Waals surface area (Å²) in [5.74, 6) is 1.41. The molecule has 2 fully saturated rings. The summed E-state index contributed by atoms with van der Waals surface area (Å²) in [6.07, 6.45) is 5.38. The number of hydrogen-bond acceptors (Lipinski definition) is 6. The van der Waals surface area contributed by atoms with Gasteiger partial charge in [-0.15, -0.1) is 5.10 Å². The quantitative estimate of drug-likeness (QED) is 0.830. The van der Waals surface area contributed by atoms with Crippen LogP contribution in [0.2, 0.25) is 0 Å². The van der Waals surface area contributed by atoms with Crippen LogP contribution in [0.3, 0.4) is 0 Å². The van der Waals surface area contributed by atoms with Crippen LogP contribution in [0.4, 0.5) is 5.82 Å². The fourth-order valence-electron chi connectivity index (χ4n) is 2.91. The van der Waals surface area contributed by atoms with E-state index in [1.165, 1.54) is 23.3 Å². The average molecular weight is 345 g/mol. The minimum absolute atomic E-state index is 0.243. The van der Waals surface area contributed by atoms with E-state index in [2.05, 4.69) is 20.1 Å². The van der Waals surface area contributed by atoms with Crippen molar-refractivity contribution < 1.29 is 8.42 Å². The van der Waals surface area contributed by atoms with E-state index in [1.807, 2.05) is 12.1 Å². The molecule has 1 saturated heterocycles. The minimum atomic E-state index is -3.47. The Kier molecular flexibility index (Phi) is 3.93. The van der Waals surface area contributed by atoms with E-state index < -0.39 is 10.0 Å². The van der Waals surface area contributed by atoms with E-state index in [0.717, 1.165) is 11.5 Å². The fourth-order valence-corrected chi connectivity index (χ4v) is 4.29. The van der Waals surface area contributed by atoms with E-state index in [-0.39, 0.29) is 4.90 Å². The number of anilines is 1. The molecule has 2 aromatic rings. The predicted octanol–water partition coefficient (Wildman–Crippen LogP) is 1.26. The number of pyridine rings is 1. The molecule has 1 aliphatic heterocycles. The van der Waals surface area contributed by atoms with Crippen LogP contribution >= 0.6 is 0 Å². The van der Waals surface area contributed by atoms with Crippen molar-refractivity contribution in [2.75, 3.05) is 31.1 Å². The number of piperazine rings is 1. The highest BCUT2D eigenvalue weighted by Crippen LogP contribution is 2.38. The van der Waals surface area contributed by atoms with Gasteiger partial charge in [-0.3, -0.25) is 4.98 Å². The van der Waals surface area contributed by atoms with Gasteiger partial charge in [0.05, 0.1) is 5.69 Å². The molecule has 4 rings (SSSR count). The standard InChI is InChI=1S/C16H19N5O2S/c22-24(23,14-2-1-7-17-12-14)21-10-8-20(9-11-21)16-6-5-15(18-19-16)13-3-4-13/h1-2,5-7,12-13H,3-4,8-11H2. The Labute approximate surface area is 141 Å². The molecule has 3 heterocycles. The highest BCUT2D eigenvalue weighted by atomic mass is 32.2. The number of hydrogen-bond donors (Lipinski definition) is 0. The zero-order valence-corrected chi connectivity index (χ0v) is 14.1. The summed E-state index contributed by atoms with van der Waals surface area (Å²) in [5, 5.41) is 8.61. The van der Waals surface area contributed by atoms with E-state index in [9.17, 15) is 8.42 Å². The largest absolute Gasteiger partial charge is 0.352 e. The SMILES string of the molecule is O=S(=O)(c1cccnc1)N1CCN(c2ccc(C3CC3)nn2)CC1. The molecule has 0 atom stereocenters. The molecule has 0 unspecified atom stereocenters. The van der Waals surface area contributed by atoms with Gasteiger partial charge in [0.25, 0.3) is 0 Å². The molecular weight excluding hydrogens is 326 g/mol. The van der Waals surface area contributed by atoms with Crippen LogP contribution in [-0.4, -0.2) is 54.1 Å². The van der Waals surface area contributed by atoms with Crippen molar-refractivity contribution >= 4 is 15.8 Å². The molecule has 126 valence electrons. The van der Waals surface area contributed by atoms with Gasteiger partial charge in [-0.05, 0) is 37.1 Å². The molecule has 0 spiro atoms. The van der Waals surface area contributed by atoms with Crippen LogP contribution in [0.25, 0.3) is 0 Å². The second kappa shape index (κ2) is 6.10. The monoisotopic (exact) mass is 345 g/mol. The van der Waals surface area contributed by atoms with Crippen LogP contribution in [0.1, 0.15) is 24.5 Å². The molecule has 0 bridgehead atoms. The molecular formula is C16H19N5O2S.